The molecule has 1 aromatic heterocycles. The summed E-state index contributed by atoms with van der Waals surface area (Å²) in [5, 5.41) is 13.6. The van der Waals surface area contributed by atoms with Crippen molar-refractivity contribution in [2.75, 3.05) is 6.26 Å². The van der Waals surface area contributed by atoms with E-state index in [1.54, 1.807) is 0 Å². The molecule has 0 bridgehead atoms. The zero-order chi connectivity index (χ0) is 17.9. The van der Waals surface area contributed by atoms with Crippen molar-refractivity contribution >= 4 is 15.9 Å². The van der Waals surface area contributed by atoms with E-state index in [1.807, 2.05) is 0 Å². The van der Waals surface area contributed by atoms with Gasteiger partial charge in [-0.3, -0.25) is 0 Å². The molecule has 0 radical (unpaired) electrons. The first kappa shape index (κ1) is 18.2. The third kappa shape index (κ3) is 4.50. The average Bonchev–Trinajstić information content (AvgIpc) is 2.79. The number of aromatic nitrogens is 3. The van der Waals surface area contributed by atoms with Crippen molar-refractivity contribution in [1.29, 1.82) is 0 Å². The Hall–Kier alpha value is -1.64. The molecular formula is C16H27N5O3S. The molecule has 2 aliphatic rings. The van der Waals surface area contributed by atoms with Gasteiger partial charge in [-0.25, -0.2) is 13.2 Å². The van der Waals surface area contributed by atoms with Crippen LogP contribution in [0.15, 0.2) is 0 Å². The lowest BCUT2D eigenvalue weighted by molar-refractivity contribution is 0.232. The van der Waals surface area contributed by atoms with Gasteiger partial charge in [0.1, 0.15) is 5.82 Å². The third-order valence-corrected chi connectivity index (χ3v) is 6.83. The summed E-state index contributed by atoms with van der Waals surface area (Å²) >= 11 is 0. The second-order valence-electron chi connectivity index (χ2n) is 7.08. The maximum atomic E-state index is 12.2. The number of carbonyl (C=O) groups excluding carboxylic acids is 1. The van der Waals surface area contributed by atoms with Crippen molar-refractivity contribution in [2.24, 2.45) is 0 Å². The van der Waals surface area contributed by atoms with Crippen LogP contribution in [0.5, 0.6) is 0 Å². The second kappa shape index (κ2) is 7.72. The Labute approximate surface area is 148 Å². The van der Waals surface area contributed by atoms with Gasteiger partial charge in [0, 0.05) is 25.3 Å². The van der Waals surface area contributed by atoms with Crippen LogP contribution in [-0.2, 0) is 29.3 Å². The number of urea groups is 1. The minimum atomic E-state index is -3.16. The fourth-order valence-electron chi connectivity index (χ4n) is 3.83. The van der Waals surface area contributed by atoms with Crippen molar-refractivity contribution in [1.82, 2.24) is 25.4 Å². The first-order valence-corrected chi connectivity index (χ1v) is 11.0. The fraction of sp³-hybridized carbons (Fsp3) is 0.812. The smallest absolute Gasteiger partial charge is 0.315 e. The summed E-state index contributed by atoms with van der Waals surface area (Å²) in [4.78, 5) is 12.2. The van der Waals surface area contributed by atoms with Crippen LogP contribution in [0.25, 0.3) is 0 Å². The van der Waals surface area contributed by atoms with Crippen molar-refractivity contribution in [2.45, 2.75) is 75.7 Å². The van der Waals surface area contributed by atoms with Crippen LogP contribution in [0.1, 0.15) is 56.6 Å². The minimum Gasteiger partial charge on any atom is -0.334 e. The van der Waals surface area contributed by atoms with Crippen LogP contribution in [0, 0.1) is 0 Å². The zero-order valence-corrected chi connectivity index (χ0v) is 15.5. The van der Waals surface area contributed by atoms with Gasteiger partial charge in [-0.05, 0) is 25.7 Å². The number of nitrogens with one attached hydrogen (secondary N) is 2. The van der Waals surface area contributed by atoms with Gasteiger partial charge in [-0.15, -0.1) is 10.2 Å². The van der Waals surface area contributed by atoms with Gasteiger partial charge in [0.25, 0.3) is 0 Å². The molecule has 3 rings (SSSR count). The largest absolute Gasteiger partial charge is 0.334 e. The van der Waals surface area contributed by atoms with Gasteiger partial charge in [-0.1, -0.05) is 19.3 Å². The Balaban J connectivity index is 1.57. The summed E-state index contributed by atoms with van der Waals surface area (Å²) in [5.41, 5.74) is 0. The van der Waals surface area contributed by atoms with Crippen LogP contribution < -0.4 is 10.6 Å². The predicted molar refractivity (Wildman–Crippen MR) is 93.8 cm³/mol. The summed E-state index contributed by atoms with van der Waals surface area (Å²) in [7, 11) is -3.16. The van der Waals surface area contributed by atoms with E-state index in [0.29, 0.717) is 19.4 Å². The van der Waals surface area contributed by atoms with E-state index in [9.17, 15) is 13.2 Å². The molecule has 0 aromatic carbocycles. The minimum absolute atomic E-state index is 0.301. The average molecular weight is 369 g/mol. The molecule has 2 heterocycles. The van der Waals surface area contributed by atoms with Gasteiger partial charge >= 0.3 is 6.03 Å². The molecule has 1 aliphatic heterocycles. The Morgan fingerprint density at radius 2 is 1.96 bits per heavy atom. The normalized spacial score (nSPS) is 24.2. The van der Waals surface area contributed by atoms with E-state index in [-0.39, 0.29) is 12.1 Å². The highest BCUT2D eigenvalue weighted by Crippen LogP contribution is 2.24. The topological polar surface area (TPSA) is 106 Å². The molecule has 1 aromatic rings. The quantitative estimate of drug-likeness (QED) is 0.828. The summed E-state index contributed by atoms with van der Waals surface area (Å²) in [6.45, 7) is 1.19. The number of amides is 2. The number of fused-ring (bicyclic) bond motifs is 1. The number of hydrogen-bond donors (Lipinski definition) is 2. The third-order valence-electron chi connectivity index (χ3n) is 5.16. The molecule has 1 fully saturated rings. The standard InChI is InChI=1S/C16H27N5O3S/c1-25(23,24)13-8-5-4-7-12(13)18-16(22)17-11-15-20-19-14-9-3-2-6-10-21(14)15/h12-13H,2-11H2,1H3,(H2,17,18,22)/t12-,13-/m1/s1. The SMILES string of the molecule is CS(=O)(=O)[C@@H]1CCCC[C@H]1NC(=O)NCc1nnc2n1CCCCC2. The molecule has 2 atom stereocenters. The van der Waals surface area contributed by atoms with E-state index in [2.05, 4.69) is 25.4 Å². The monoisotopic (exact) mass is 369 g/mol. The molecule has 0 unspecified atom stereocenters. The predicted octanol–water partition coefficient (Wildman–Crippen LogP) is 1.16. The summed E-state index contributed by atoms with van der Waals surface area (Å²) in [5.74, 6) is 1.74. The lowest BCUT2D eigenvalue weighted by Gasteiger charge is -2.30. The zero-order valence-electron chi connectivity index (χ0n) is 14.7. The highest BCUT2D eigenvalue weighted by molar-refractivity contribution is 7.91. The molecule has 1 aliphatic carbocycles. The molecule has 2 amide bonds. The number of sulfone groups is 1. The van der Waals surface area contributed by atoms with Crippen LogP contribution in [0.4, 0.5) is 4.79 Å². The van der Waals surface area contributed by atoms with Gasteiger partial charge in [0.05, 0.1) is 11.8 Å². The van der Waals surface area contributed by atoms with Crippen LogP contribution in [-0.4, -0.2) is 46.8 Å². The van der Waals surface area contributed by atoms with Gasteiger partial charge in [0.15, 0.2) is 15.7 Å². The molecule has 0 spiro atoms. The molecule has 9 heteroatoms. The molecule has 2 N–H and O–H groups in total. The Bertz CT molecular complexity index is 715. The van der Waals surface area contributed by atoms with E-state index >= 15 is 0 Å². The number of carbonyl (C=O) groups is 1. The molecule has 140 valence electrons. The molecule has 25 heavy (non-hydrogen) atoms. The lowest BCUT2D eigenvalue weighted by atomic mass is 9.95. The molecular weight excluding hydrogens is 342 g/mol. The highest BCUT2D eigenvalue weighted by Gasteiger charge is 2.33. The van der Waals surface area contributed by atoms with Crippen molar-refractivity contribution in [3.63, 3.8) is 0 Å². The van der Waals surface area contributed by atoms with Gasteiger partial charge in [0.2, 0.25) is 0 Å². The summed E-state index contributed by atoms with van der Waals surface area (Å²) in [6.07, 6.45) is 8.73. The summed E-state index contributed by atoms with van der Waals surface area (Å²) < 4.78 is 25.9. The Kier molecular flexibility index (Phi) is 5.61. The van der Waals surface area contributed by atoms with Crippen LogP contribution in [0.3, 0.4) is 0 Å². The molecule has 8 nitrogen and oxygen atoms in total. The first-order valence-electron chi connectivity index (χ1n) is 9.09. The van der Waals surface area contributed by atoms with E-state index in [1.165, 1.54) is 12.7 Å². The summed E-state index contributed by atoms with van der Waals surface area (Å²) in [6, 6.07) is -0.661. The maximum absolute atomic E-state index is 12.2. The highest BCUT2D eigenvalue weighted by atomic mass is 32.2. The van der Waals surface area contributed by atoms with Crippen LogP contribution >= 0.6 is 0 Å². The fourth-order valence-corrected chi connectivity index (χ4v) is 5.22. The Morgan fingerprint density at radius 1 is 1.16 bits per heavy atom. The number of aryl methyl sites for hydroxylation is 1. The van der Waals surface area contributed by atoms with Crippen molar-refractivity contribution in [3.8, 4) is 0 Å². The lowest BCUT2D eigenvalue weighted by Crippen LogP contribution is -2.51. The van der Waals surface area contributed by atoms with Crippen LogP contribution in [0.2, 0.25) is 0 Å². The van der Waals surface area contributed by atoms with E-state index < -0.39 is 15.1 Å². The molecule has 1 saturated carbocycles. The number of rotatable bonds is 4. The van der Waals surface area contributed by atoms with Gasteiger partial charge in [-0.2, -0.15) is 0 Å². The van der Waals surface area contributed by atoms with E-state index in [4.69, 9.17) is 0 Å². The maximum Gasteiger partial charge on any atom is 0.315 e. The second-order valence-corrected chi connectivity index (χ2v) is 9.35. The number of nitrogens with zero attached hydrogens (tertiary/aromatic N) is 3. The van der Waals surface area contributed by atoms with Gasteiger partial charge < -0.3 is 15.2 Å². The van der Waals surface area contributed by atoms with E-state index in [0.717, 1.165) is 50.3 Å². The number of hydrogen-bond acceptors (Lipinski definition) is 5. The molecule has 0 saturated heterocycles. The first-order chi connectivity index (χ1) is 11.9. The van der Waals surface area contributed by atoms with Crippen molar-refractivity contribution < 1.29 is 13.2 Å². The Morgan fingerprint density at radius 3 is 2.76 bits per heavy atom. The van der Waals surface area contributed by atoms with Crippen molar-refractivity contribution in [3.05, 3.63) is 11.6 Å².